The summed E-state index contributed by atoms with van der Waals surface area (Å²) in [6.07, 6.45) is 4.62. The van der Waals surface area contributed by atoms with Crippen LogP contribution in [0.25, 0.3) is 11.0 Å². The van der Waals surface area contributed by atoms with Crippen molar-refractivity contribution in [3.8, 4) is 0 Å². The number of aromatic nitrogens is 3. The first-order valence-electron chi connectivity index (χ1n) is 10.0. The maximum Gasteiger partial charge on any atom is 0.280 e. The summed E-state index contributed by atoms with van der Waals surface area (Å²) in [5.41, 5.74) is -0.475. The van der Waals surface area contributed by atoms with Crippen molar-refractivity contribution < 1.29 is 9.18 Å². The second-order valence-corrected chi connectivity index (χ2v) is 8.86. The fourth-order valence-electron chi connectivity index (χ4n) is 4.10. The fourth-order valence-corrected chi connectivity index (χ4v) is 4.59. The van der Waals surface area contributed by atoms with Gasteiger partial charge in [0.15, 0.2) is 5.52 Å². The molecular formula is C22H18Cl2FN5O2. The number of halogens is 3. The van der Waals surface area contributed by atoms with Crippen molar-refractivity contribution in [3.63, 3.8) is 0 Å². The first-order valence-corrected chi connectivity index (χ1v) is 10.8. The molecule has 2 fully saturated rings. The zero-order valence-corrected chi connectivity index (χ0v) is 18.3. The molecule has 0 bridgehead atoms. The standard InChI is InChI=1S/C22H18Cl2FN5O2/c1-2-17(31)29-9-22(10-29,18-14(25)6-5-13(23)19(18)24)28-16-8-7-15-20(27-16)21(32)30(11-26-15)12-3-4-12/h2,5-8,11-12H,1,3-4,9-10H2,(H,27,28). The summed E-state index contributed by atoms with van der Waals surface area (Å²) in [6, 6.07) is 6.11. The van der Waals surface area contributed by atoms with Gasteiger partial charge in [0.2, 0.25) is 5.91 Å². The molecule has 2 aliphatic rings. The maximum absolute atomic E-state index is 14.9. The quantitative estimate of drug-likeness (QED) is 0.448. The van der Waals surface area contributed by atoms with E-state index in [1.54, 1.807) is 23.0 Å². The Morgan fingerprint density at radius 2 is 2.00 bits per heavy atom. The molecule has 1 saturated carbocycles. The SMILES string of the molecule is C=CC(=O)N1CC(Nc2ccc3ncn(C4CC4)c(=O)c3n2)(c2c(F)ccc(Cl)c2Cl)C1. The number of hydrogen-bond acceptors (Lipinski definition) is 5. The van der Waals surface area contributed by atoms with Gasteiger partial charge in [0, 0.05) is 11.6 Å². The van der Waals surface area contributed by atoms with Crippen molar-refractivity contribution >= 4 is 46.0 Å². The average molecular weight is 474 g/mol. The topological polar surface area (TPSA) is 80.1 Å². The molecule has 1 saturated heterocycles. The Bertz CT molecular complexity index is 1330. The zero-order chi connectivity index (χ0) is 22.6. The molecule has 3 heterocycles. The molecule has 2 aromatic heterocycles. The predicted octanol–water partition coefficient (Wildman–Crippen LogP) is 3.91. The summed E-state index contributed by atoms with van der Waals surface area (Å²) in [5.74, 6) is -0.508. The van der Waals surface area contributed by atoms with Crippen LogP contribution in [-0.4, -0.2) is 38.4 Å². The number of rotatable bonds is 5. The smallest absolute Gasteiger partial charge is 0.280 e. The number of anilines is 1. The highest BCUT2D eigenvalue weighted by Crippen LogP contribution is 2.43. The number of likely N-dealkylation sites (tertiary alicyclic amines) is 1. The number of benzene rings is 1. The number of carbonyl (C=O) groups is 1. The van der Waals surface area contributed by atoms with E-state index in [0.717, 1.165) is 12.8 Å². The molecule has 1 aliphatic heterocycles. The van der Waals surface area contributed by atoms with E-state index in [2.05, 4.69) is 21.9 Å². The molecule has 32 heavy (non-hydrogen) atoms. The van der Waals surface area contributed by atoms with Crippen LogP contribution in [0, 0.1) is 5.82 Å². The van der Waals surface area contributed by atoms with Crippen molar-refractivity contribution in [3.05, 3.63) is 75.0 Å². The van der Waals surface area contributed by atoms with Crippen LogP contribution in [0.1, 0.15) is 24.4 Å². The van der Waals surface area contributed by atoms with Crippen molar-refractivity contribution in [2.24, 2.45) is 0 Å². The van der Waals surface area contributed by atoms with Crippen LogP contribution in [0.3, 0.4) is 0 Å². The van der Waals surface area contributed by atoms with Gasteiger partial charge < -0.3 is 10.2 Å². The van der Waals surface area contributed by atoms with Crippen LogP contribution >= 0.6 is 23.2 Å². The van der Waals surface area contributed by atoms with Gasteiger partial charge in [-0.3, -0.25) is 14.2 Å². The Labute approximate surface area is 192 Å². The zero-order valence-electron chi connectivity index (χ0n) is 16.8. The van der Waals surface area contributed by atoms with Crippen LogP contribution in [0.5, 0.6) is 0 Å². The molecule has 1 N–H and O–H groups in total. The van der Waals surface area contributed by atoms with Crippen LogP contribution in [-0.2, 0) is 10.3 Å². The van der Waals surface area contributed by atoms with Gasteiger partial charge in [0.25, 0.3) is 5.56 Å². The van der Waals surface area contributed by atoms with E-state index in [0.29, 0.717) is 11.3 Å². The summed E-state index contributed by atoms with van der Waals surface area (Å²) in [6.45, 7) is 3.74. The largest absolute Gasteiger partial charge is 0.357 e. The molecule has 3 aromatic rings. The second-order valence-electron chi connectivity index (χ2n) is 8.08. The minimum Gasteiger partial charge on any atom is -0.357 e. The third-order valence-corrected chi connectivity index (χ3v) is 6.67. The number of amides is 1. The van der Waals surface area contributed by atoms with Gasteiger partial charge in [-0.05, 0) is 43.2 Å². The van der Waals surface area contributed by atoms with E-state index in [1.165, 1.54) is 23.1 Å². The van der Waals surface area contributed by atoms with Crippen molar-refractivity contribution in [1.82, 2.24) is 19.4 Å². The van der Waals surface area contributed by atoms with E-state index < -0.39 is 11.4 Å². The number of hydrogen-bond donors (Lipinski definition) is 1. The van der Waals surface area contributed by atoms with Crippen molar-refractivity contribution in [2.75, 3.05) is 18.4 Å². The predicted molar refractivity (Wildman–Crippen MR) is 121 cm³/mol. The minimum absolute atomic E-state index is 0.0587. The number of nitrogens with zero attached hydrogens (tertiary/aromatic N) is 4. The lowest BCUT2D eigenvalue weighted by Gasteiger charge is -2.51. The van der Waals surface area contributed by atoms with Gasteiger partial charge >= 0.3 is 0 Å². The molecule has 0 radical (unpaired) electrons. The number of pyridine rings is 1. The third kappa shape index (κ3) is 3.34. The first-order chi connectivity index (χ1) is 15.3. The minimum atomic E-state index is -1.08. The van der Waals surface area contributed by atoms with Crippen LogP contribution in [0.2, 0.25) is 10.0 Å². The Kier molecular flexibility index (Phi) is 4.94. The second kappa shape index (κ2) is 7.56. The Morgan fingerprint density at radius 3 is 2.69 bits per heavy atom. The molecule has 0 spiro atoms. The van der Waals surface area contributed by atoms with Crippen LogP contribution < -0.4 is 10.9 Å². The molecule has 10 heteroatoms. The van der Waals surface area contributed by atoms with Crippen molar-refractivity contribution in [1.29, 1.82) is 0 Å². The monoisotopic (exact) mass is 473 g/mol. The van der Waals surface area contributed by atoms with E-state index in [4.69, 9.17) is 23.2 Å². The Hall–Kier alpha value is -2.97. The number of carbonyl (C=O) groups excluding carboxylic acids is 1. The van der Waals surface area contributed by atoms with Crippen LogP contribution in [0.15, 0.2) is 48.0 Å². The lowest BCUT2D eigenvalue weighted by atomic mass is 9.81. The molecule has 164 valence electrons. The van der Waals surface area contributed by atoms with E-state index >= 15 is 0 Å². The molecule has 0 unspecified atom stereocenters. The van der Waals surface area contributed by atoms with Gasteiger partial charge in [0.1, 0.15) is 17.2 Å². The fraction of sp³-hybridized carbons (Fsp3) is 0.273. The molecule has 0 atom stereocenters. The summed E-state index contributed by atoms with van der Waals surface area (Å²) < 4.78 is 16.5. The van der Waals surface area contributed by atoms with E-state index in [9.17, 15) is 14.0 Å². The molecule has 1 amide bonds. The van der Waals surface area contributed by atoms with Gasteiger partial charge in [0.05, 0.1) is 35.0 Å². The highest BCUT2D eigenvalue weighted by atomic mass is 35.5. The lowest BCUT2D eigenvalue weighted by molar-refractivity contribution is -0.132. The van der Waals surface area contributed by atoms with Crippen molar-refractivity contribution in [2.45, 2.75) is 24.4 Å². The molecule has 5 rings (SSSR count). The molecular weight excluding hydrogens is 456 g/mol. The van der Waals surface area contributed by atoms with Gasteiger partial charge in [-0.2, -0.15) is 0 Å². The van der Waals surface area contributed by atoms with Gasteiger partial charge in [-0.15, -0.1) is 0 Å². The van der Waals surface area contributed by atoms with Crippen LogP contribution in [0.4, 0.5) is 10.2 Å². The summed E-state index contributed by atoms with van der Waals surface area (Å²) in [7, 11) is 0. The number of nitrogens with one attached hydrogen (secondary N) is 1. The summed E-state index contributed by atoms with van der Waals surface area (Å²) >= 11 is 12.5. The summed E-state index contributed by atoms with van der Waals surface area (Å²) in [5, 5.41) is 3.47. The van der Waals surface area contributed by atoms with E-state index in [1.807, 2.05) is 0 Å². The highest BCUT2D eigenvalue weighted by molar-refractivity contribution is 6.42. The van der Waals surface area contributed by atoms with Gasteiger partial charge in [-0.25, -0.2) is 14.4 Å². The number of fused-ring (bicyclic) bond motifs is 1. The molecule has 1 aliphatic carbocycles. The van der Waals surface area contributed by atoms with E-state index in [-0.39, 0.29) is 51.7 Å². The van der Waals surface area contributed by atoms with Gasteiger partial charge in [-0.1, -0.05) is 29.8 Å². The molecule has 7 nitrogen and oxygen atoms in total. The average Bonchev–Trinajstić information content (AvgIpc) is 3.59. The lowest BCUT2D eigenvalue weighted by Crippen LogP contribution is -2.65. The Morgan fingerprint density at radius 1 is 1.25 bits per heavy atom. The highest BCUT2D eigenvalue weighted by Gasteiger charge is 2.49. The third-order valence-electron chi connectivity index (χ3n) is 5.87. The summed E-state index contributed by atoms with van der Waals surface area (Å²) in [4.78, 5) is 35.3. The normalized spacial score (nSPS) is 17.2. The Balaban J connectivity index is 1.58. The maximum atomic E-state index is 14.9. The first kappa shape index (κ1) is 20.9. The molecule has 1 aromatic carbocycles.